The topological polar surface area (TPSA) is 40.6 Å². The average molecular weight is 385 g/mol. The van der Waals surface area contributed by atoms with Crippen LogP contribution in [0.5, 0.6) is 0 Å². The summed E-state index contributed by atoms with van der Waals surface area (Å²) >= 11 is 12.4. The average Bonchev–Trinajstić information content (AvgIpc) is 2.55. The molecule has 0 aliphatic carbocycles. The van der Waals surface area contributed by atoms with E-state index in [1.165, 1.54) is 4.31 Å². The van der Waals surface area contributed by atoms with E-state index in [4.69, 9.17) is 23.2 Å². The number of nitrogens with zero attached hydrogens (tertiary/aromatic N) is 2. The number of anilines is 1. The van der Waals surface area contributed by atoms with Crippen molar-refractivity contribution in [3.63, 3.8) is 0 Å². The second-order valence-electron chi connectivity index (χ2n) is 5.78. The lowest BCUT2D eigenvalue weighted by Crippen LogP contribution is -2.48. The molecule has 2 aromatic carbocycles. The van der Waals surface area contributed by atoms with Crippen LogP contribution < -0.4 is 4.90 Å². The molecule has 1 aliphatic rings. The molecule has 0 atom stereocenters. The van der Waals surface area contributed by atoms with E-state index in [1.807, 2.05) is 31.2 Å². The van der Waals surface area contributed by atoms with Crippen molar-refractivity contribution >= 4 is 38.9 Å². The minimum Gasteiger partial charge on any atom is -0.368 e. The van der Waals surface area contributed by atoms with E-state index in [0.29, 0.717) is 31.2 Å². The van der Waals surface area contributed by atoms with Gasteiger partial charge in [-0.1, -0.05) is 41.4 Å². The first-order chi connectivity index (χ1) is 11.4. The predicted octanol–water partition coefficient (Wildman–Crippen LogP) is 3.81. The molecular weight excluding hydrogens is 367 g/mol. The summed E-state index contributed by atoms with van der Waals surface area (Å²) in [6.45, 7) is 3.86. The third kappa shape index (κ3) is 3.40. The minimum absolute atomic E-state index is 0.168. The van der Waals surface area contributed by atoms with Gasteiger partial charge in [0.1, 0.15) is 4.90 Å². The molecule has 1 aliphatic heterocycles. The van der Waals surface area contributed by atoms with Gasteiger partial charge in [-0.3, -0.25) is 0 Å². The summed E-state index contributed by atoms with van der Waals surface area (Å²) in [5.74, 6) is 0. The van der Waals surface area contributed by atoms with Crippen LogP contribution >= 0.6 is 23.2 Å². The highest BCUT2D eigenvalue weighted by atomic mass is 35.5. The van der Waals surface area contributed by atoms with Gasteiger partial charge in [0.2, 0.25) is 10.0 Å². The van der Waals surface area contributed by atoms with Crippen LogP contribution in [0.25, 0.3) is 0 Å². The fraction of sp³-hybridized carbons (Fsp3) is 0.294. The van der Waals surface area contributed by atoms with Crippen molar-refractivity contribution in [1.82, 2.24) is 4.31 Å². The molecule has 128 valence electrons. The summed E-state index contributed by atoms with van der Waals surface area (Å²) in [4.78, 5) is 2.27. The molecule has 0 saturated carbocycles. The Hall–Kier alpha value is -1.27. The van der Waals surface area contributed by atoms with Crippen LogP contribution in [0.4, 0.5) is 5.69 Å². The summed E-state index contributed by atoms with van der Waals surface area (Å²) < 4.78 is 27.1. The van der Waals surface area contributed by atoms with Crippen molar-refractivity contribution in [2.75, 3.05) is 31.1 Å². The number of para-hydroxylation sites is 1. The standard InChI is InChI=1S/C17H18Cl2N2O2S/c1-13-6-7-17(15(19)12-13)24(22,23)21-10-8-20(9-11-21)16-5-3-2-4-14(16)18/h2-7,12H,8-11H2,1H3. The lowest BCUT2D eigenvalue weighted by molar-refractivity contribution is 0.385. The molecule has 0 spiro atoms. The molecule has 0 N–H and O–H groups in total. The van der Waals surface area contributed by atoms with Crippen molar-refractivity contribution in [2.45, 2.75) is 11.8 Å². The van der Waals surface area contributed by atoms with E-state index in [1.54, 1.807) is 18.2 Å². The molecule has 0 radical (unpaired) electrons. The molecule has 0 aromatic heterocycles. The van der Waals surface area contributed by atoms with Crippen LogP contribution in [0, 0.1) is 6.92 Å². The maximum Gasteiger partial charge on any atom is 0.244 e. The molecule has 0 amide bonds. The molecule has 1 saturated heterocycles. The Balaban J connectivity index is 1.78. The van der Waals surface area contributed by atoms with Gasteiger partial charge in [0.25, 0.3) is 0 Å². The van der Waals surface area contributed by atoms with E-state index in [0.717, 1.165) is 11.3 Å². The van der Waals surface area contributed by atoms with Crippen LogP contribution in [0.3, 0.4) is 0 Å². The zero-order chi connectivity index (χ0) is 17.3. The Morgan fingerprint density at radius 3 is 2.21 bits per heavy atom. The predicted molar refractivity (Wildman–Crippen MR) is 98.6 cm³/mol. The van der Waals surface area contributed by atoms with Gasteiger partial charge in [-0.2, -0.15) is 4.31 Å². The molecule has 3 rings (SSSR count). The third-order valence-corrected chi connectivity index (χ3v) is 6.84. The molecule has 1 fully saturated rings. The van der Waals surface area contributed by atoms with Crippen LogP contribution in [-0.4, -0.2) is 38.9 Å². The molecule has 0 bridgehead atoms. The van der Waals surface area contributed by atoms with Crippen molar-refractivity contribution in [3.8, 4) is 0 Å². The molecule has 1 heterocycles. The first-order valence-electron chi connectivity index (χ1n) is 7.65. The van der Waals surface area contributed by atoms with Crippen molar-refractivity contribution in [1.29, 1.82) is 0 Å². The number of hydrogen-bond acceptors (Lipinski definition) is 3. The SMILES string of the molecule is Cc1ccc(S(=O)(=O)N2CCN(c3ccccc3Cl)CC2)c(Cl)c1. The van der Waals surface area contributed by atoms with Gasteiger partial charge in [0.15, 0.2) is 0 Å². The normalized spacial score (nSPS) is 16.4. The van der Waals surface area contributed by atoms with Crippen LogP contribution in [0.15, 0.2) is 47.4 Å². The molecular formula is C17H18Cl2N2O2S. The Morgan fingerprint density at radius 2 is 1.58 bits per heavy atom. The second-order valence-corrected chi connectivity index (χ2v) is 8.50. The summed E-state index contributed by atoms with van der Waals surface area (Å²) in [6, 6.07) is 12.6. The monoisotopic (exact) mass is 384 g/mol. The van der Waals surface area contributed by atoms with E-state index in [9.17, 15) is 8.42 Å². The largest absolute Gasteiger partial charge is 0.368 e. The minimum atomic E-state index is -3.58. The van der Waals surface area contributed by atoms with Crippen molar-refractivity contribution < 1.29 is 8.42 Å². The number of rotatable bonds is 3. The van der Waals surface area contributed by atoms with E-state index in [2.05, 4.69) is 4.90 Å². The summed E-state index contributed by atoms with van der Waals surface area (Å²) in [7, 11) is -3.58. The Labute approximate surface area is 152 Å². The maximum atomic E-state index is 12.8. The van der Waals surface area contributed by atoms with Gasteiger partial charge >= 0.3 is 0 Å². The third-order valence-electron chi connectivity index (χ3n) is 4.14. The number of piperazine rings is 1. The highest BCUT2D eigenvalue weighted by Crippen LogP contribution is 2.29. The summed E-state index contributed by atoms with van der Waals surface area (Å²) in [5.41, 5.74) is 1.87. The Bertz CT molecular complexity index is 847. The lowest BCUT2D eigenvalue weighted by Gasteiger charge is -2.35. The van der Waals surface area contributed by atoms with Crippen molar-refractivity contribution in [3.05, 3.63) is 58.1 Å². The number of hydrogen-bond donors (Lipinski definition) is 0. The molecule has 0 unspecified atom stereocenters. The van der Waals surface area contributed by atoms with Gasteiger partial charge in [-0.25, -0.2) is 8.42 Å². The number of benzene rings is 2. The summed E-state index contributed by atoms with van der Waals surface area (Å²) in [5, 5.41) is 0.943. The van der Waals surface area contributed by atoms with Gasteiger partial charge < -0.3 is 4.90 Å². The van der Waals surface area contributed by atoms with Crippen LogP contribution in [0.2, 0.25) is 10.0 Å². The maximum absolute atomic E-state index is 12.8. The first kappa shape index (κ1) is 17.5. The van der Waals surface area contributed by atoms with E-state index < -0.39 is 10.0 Å². The highest BCUT2D eigenvalue weighted by molar-refractivity contribution is 7.89. The zero-order valence-electron chi connectivity index (χ0n) is 13.2. The molecule has 7 heteroatoms. The summed E-state index contributed by atoms with van der Waals surface area (Å²) in [6.07, 6.45) is 0. The first-order valence-corrected chi connectivity index (χ1v) is 9.85. The van der Waals surface area contributed by atoms with Crippen LogP contribution in [0.1, 0.15) is 5.56 Å². The van der Waals surface area contributed by atoms with E-state index in [-0.39, 0.29) is 9.92 Å². The lowest BCUT2D eigenvalue weighted by atomic mass is 10.2. The van der Waals surface area contributed by atoms with E-state index >= 15 is 0 Å². The van der Waals surface area contributed by atoms with Gasteiger partial charge in [-0.15, -0.1) is 0 Å². The fourth-order valence-electron chi connectivity index (χ4n) is 2.83. The number of halogens is 2. The molecule has 4 nitrogen and oxygen atoms in total. The fourth-order valence-corrected chi connectivity index (χ4v) is 5.08. The Morgan fingerprint density at radius 1 is 0.917 bits per heavy atom. The zero-order valence-corrected chi connectivity index (χ0v) is 15.6. The quantitative estimate of drug-likeness (QED) is 0.807. The van der Waals surface area contributed by atoms with Crippen molar-refractivity contribution in [2.24, 2.45) is 0 Å². The van der Waals surface area contributed by atoms with Gasteiger partial charge in [0, 0.05) is 26.2 Å². The van der Waals surface area contributed by atoms with Gasteiger partial charge in [0.05, 0.1) is 15.7 Å². The number of aryl methyl sites for hydroxylation is 1. The Kier molecular flexibility index (Phi) is 5.06. The number of sulfonamides is 1. The molecule has 2 aromatic rings. The second kappa shape index (κ2) is 6.92. The van der Waals surface area contributed by atoms with Crippen LogP contribution in [-0.2, 0) is 10.0 Å². The highest BCUT2D eigenvalue weighted by Gasteiger charge is 2.30. The smallest absolute Gasteiger partial charge is 0.244 e. The molecule has 24 heavy (non-hydrogen) atoms. The van der Waals surface area contributed by atoms with Gasteiger partial charge in [-0.05, 0) is 36.8 Å².